The predicted molar refractivity (Wildman–Crippen MR) is 83.0 cm³/mol. The number of hydrogen-bond donors (Lipinski definition) is 1. The highest BCUT2D eigenvalue weighted by atomic mass is 35.5. The van der Waals surface area contributed by atoms with E-state index in [1.807, 2.05) is 48.5 Å². The highest BCUT2D eigenvalue weighted by Gasteiger charge is 2.20. The molecule has 1 N–H and O–H groups in total. The maximum absolute atomic E-state index is 11.4. The fraction of sp³-hybridized carbons (Fsp3) is 0.0625. The number of carbonyl (C=O) groups is 1. The second-order valence-electron chi connectivity index (χ2n) is 4.71. The molecule has 0 bridgehead atoms. The van der Waals surface area contributed by atoms with Crippen molar-refractivity contribution in [2.75, 3.05) is 0 Å². The highest BCUT2D eigenvalue weighted by molar-refractivity contribution is 6.31. The maximum Gasteiger partial charge on any atom is 0.358 e. The SMILES string of the molecule is O=C(O)c1nnn(Cc2ccccc2Cl)c1-c1ccccc1. The molecule has 0 saturated heterocycles. The van der Waals surface area contributed by atoms with Gasteiger partial charge < -0.3 is 5.11 Å². The Kier molecular flexibility index (Phi) is 3.89. The molecular weight excluding hydrogens is 302 g/mol. The van der Waals surface area contributed by atoms with Crippen LogP contribution in [0, 0.1) is 0 Å². The van der Waals surface area contributed by atoms with Crippen LogP contribution in [0.1, 0.15) is 16.1 Å². The van der Waals surface area contributed by atoms with Gasteiger partial charge in [0.2, 0.25) is 0 Å². The quantitative estimate of drug-likeness (QED) is 0.802. The van der Waals surface area contributed by atoms with Crippen molar-refractivity contribution in [3.63, 3.8) is 0 Å². The highest BCUT2D eigenvalue weighted by Crippen LogP contribution is 2.24. The van der Waals surface area contributed by atoms with Crippen molar-refractivity contribution in [2.24, 2.45) is 0 Å². The zero-order chi connectivity index (χ0) is 15.5. The lowest BCUT2D eigenvalue weighted by molar-refractivity contribution is 0.0691. The summed E-state index contributed by atoms with van der Waals surface area (Å²) in [5, 5.41) is 17.7. The average Bonchev–Trinajstić information content (AvgIpc) is 2.94. The monoisotopic (exact) mass is 313 g/mol. The molecule has 5 nitrogen and oxygen atoms in total. The van der Waals surface area contributed by atoms with Crippen molar-refractivity contribution in [2.45, 2.75) is 6.54 Å². The largest absolute Gasteiger partial charge is 0.476 e. The molecule has 0 aliphatic rings. The van der Waals surface area contributed by atoms with E-state index in [-0.39, 0.29) is 5.69 Å². The number of aromatic nitrogens is 3. The maximum atomic E-state index is 11.4. The molecular formula is C16H12ClN3O2. The summed E-state index contributed by atoms with van der Waals surface area (Å²) in [6.07, 6.45) is 0. The zero-order valence-corrected chi connectivity index (χ0v) is 12.2. The molecule has 0 radical (unpaired) electrons. The summed E-state index contributed by atoms with van der Waals surface area (Å²) < 4.78 is 1.56. The Morgan fingerprint density at radius 1 is 1.09 bits per heavy atom. The van der Waals surface area contributed by atoms with E-state index in [0.717, 1.165) is 11.1 Å². The fourth-order valence-corrected chi connectivity index (χ4v) is 2.43. The summed E-state index contributed by atoms with van der Waals surface area (Å²) in [6.45, 7) is 0.351. The van der Waals surface area contributed by atoms with Gasteiger partial charge in [-0.25, -0.2) is 9.48 Å². The second-order valence-corrected chi connectivity index (χ2v) is 5.11. The molecule has 0 saturated carbocycles. The van der Waals surface area contributed by atoms with Crippen LogP contribution in [0.25, 0.3) is 11.3 Å². The lowest BCUT2D eigenvalue weighted by Gasteiger charge is -2.08. The molecule has 2 aromatic carbocycles. The molecule has 6 heteroatoms. The molecule has 110 valence electrons. The van der Waals surface area contributed by atoms with Gasteiger partial charge in [0, 0.05) is 10.6 Å². The molecule has 3 rings (SSSR count). The molecule has 0 aliphatic heterocycles. The van der Waals surface area contributed by atoms with Crippen LogP contribution in [0.15, 0.2) is 54.6 Å². The molecule has 0 atom stereocenters. The second kappa shape index (κ2) is 5.99. The minimum atomic E-state index is -1.11. The average molecular weight is 314 g/mol. The third-order valence-corrected chi connectivity index (χ3v) is 3.63. The van der Waals surface area contributed by atoms with Gasteiger partial charge in [-0.1, -0.05) is 65.3 Å². The van der Waals surface area contributed by atoms with Crippen LogP contribution in [0.2, 0.25) is 5.02 Å². The number of rotatable bonds is 4. The van der Waals surface area contributed by atoms with Gasteiger partial charge >= 0.3 is 5.97 Å². The summed E-state index contributed by atoms with van der Waals surface area (Å²) in [5.74, 6) is -1.11. The van der Waals surface area contributed by atoms with Crippen LogP contribution in [0.4, 0.5) is 0 Å². The molecule has 0 fully saturated rings. The van der Waals surface area contributed by atoms with Gasteiger partial charge in [0.15, 0.2) is 5.69 Å². The van der Waals surface area contributed by atoms with Gasteiger partial charge in [0.1, 0.15) is 5.69 Å². The van der Waals surface area contributed by atoms with Crippen molar-refractivity contribution in [1.82, 2.24) is 15.0 Å². The summed E-state index contributed by atoms with van der Waals surface area (Å²) in [7, 11) is 0. The lowest BCUT2D eigenvalue weighted by Crippen LogP contribution is -2.06. The van der Waals surface area contributed by atoms with Crippen molar-refractivity contribution in [3.8, 4) is 11.3 Å². The Labute approximate surface area is 131 Å². The zero-order valence-electron chi connectivity index (χ0n) is 11.5. The summed E-state index contributed by atoms with van der Waals surface area (Å²) in [6, 6.07) is 16.6. The first-order valence-electron chi connectivity index (χ1n) is 6.62. The van der Waals surface area contributed by atoms with Gasteiger partial charge in [0.25, 0.3) is 0 Å². The van der Waals surface area contributed by atoms with Crippen LogP contribution < -0.4 is 0 Å². The first-order valence-corrected chi connectivity index (χ1v) is 7.00. The Balaban J connectivity index is 2.09. The number of carboxylic acid groups (broad SMARTS) is 1. The van der Waals surface area contributed by atoms with E-state index < -0.39 is 5.97 Å². The number of benzene rings is 2. The normalized spacial score (nSPS) is 10.6. The van der Waals surface area contributed by atoms with Gasteiger partial charge in [-0.15, -0.1) is 5.10 Å². The summed E-state index contributed by atoms with van der Waals surface area (Å²) >= 11 is 6.16. The van der Waals surface area contributed by atoms with Crippen molar-refractivity contribution in [1.29, 1.82) is 0 Å². The predicted octanol–water partition coefficient (Wildman–Crippen LogP) is 3.35. The van der Waals surface area contributed by atoms with E-state index in [0.29, 0.717) is 17.3 Å². The van der Waals surface area contributed by atoms with E-state index in [1.165, 1.54) is 0 Å². The molecule has 3 aromatic rings. The van der Waals surface area contributed by atoms with Crippen LogP contribution in [-0.4, -0.2) is 26.1 Å². The Morgan fingerprint density at radius 2 is 1.77 bits per heavy atom. The Bertz CT molecular complexity index is 815. The van der Waals surface area contributed by atoms with Crippen molar-refractivity contribution < 1.29 is 9.90 Å². The van der Waals surface area contributed by atoms with Gasteiger partial charge in [-0.3, -0.25) is 0 Å². The minimum absolute atomic E-state index is 0.0711. The topological polar surface area (TPSA) is 68.0 Å². The van der Waals surface area contributed by atoms with Crippen molar-refractivity contribution >= 4 is 17.6 Å². The molecule has 1 heterocycles. The van der Waals surface area contributed by atoms with E-state index >= 15 is 0 Å². The first kappa shape index (κ1) is 14.3. The fourth-order valence-electron chi connectivity index (χ4n) is 2.24. The summed E-state index contributed by atoms with van der Waals surface area (Å²) in [4.78, 5) is 11.4. The van der Waals surface area contributed by atoms with Crippen LogP contribution >= 0.6 is 11.6 Å². The molecule has 0 spiro atoms. The molecule has 22 heavy (non-hydrogen) atoms. The number of nitrogens with zero attached hydrogens (tertiary/aromatic N) is 3. The van der Waals surface area contributed by atoms with E-state index in [4.69, 9.17) is 11.6 Å². The number of aromatic carboxylic acids is 1. The van der Waals surface area contributed by atoms with Crippen LogP contribution in [0.3, 0.4) is 0 Å². The molecule has 1 aromatic heterocycles. The van der Waals surface area contributed by atoms with E-state index in [1.54, 1.807) is 10.7 Å². The van der Waals surface area contributed by atoms with Gasteiger partial charge in [-0.2, -0.15) is 0 Å². The molecule has 0 amide bonds. The third kappa shape index (κ3) is 2.71. The van der Waals surface area contributed by atoms with Crippen LogP contribution in [-0.2, 0) is 6.54 Å². The first-order chi connectivity index (χ1) is 10.7. The smallest absolute Gasteiger partial charge is 0.358 e. The van der Waals surface area contributed by atoms with Crippen LogP contribution in [0.5, 0.6) is 0 Å². The number of carboxylic acids is 1. The lowest BCUT2D eigenvalue weighted by atomic mass is 10.1. The van der Waals surface area contributed by atoms with Gasteiger partial charge in [-0.05, 0) is 11.6 Å². The van der Waals surface area contributed by atoms with E-state index in [9.17, 15) is 9.90 Å². The minimum Gasteiger partial charge on any atom is -0.476 e. The number of halogens is 1. The Hall–Kier alpha value is -2.66. The standard InChI is InChI=1S/C16H12ClN3O2/c17-13-9-5-4-8-12(13)10-20-15(11-6-2-1-3-7-11)14(16(21)22)18-19-20/h1-9H,10H2,(H,21,22). The third-order valence-electron chi connectivity index (χ3n) is 3.26. The van der Waals surface area contributed by atoms with Gasteiger partial charge in [0.05, 0.1) is 6.54 Å². The number of hydrogen-bond acceptors (Lipinski definition) is 3. The Morgan fingerprint density at radius 3 is 2.45 bits per heavy atom. The van der Waals surface area contributed by atoms with Crippen molar-refractivity contribution in [3.05, 3.63) is 70.9 Å². The molecule has 0 unspecified atom stereocenters. The summed E-state index contributed by atoms with van der Waals surface area (Å²) in [5.41, 5.74) is 1.99. The van der Waals surface area contributed by atoms with E-state index in [2.05, 4.69) is 10.3 Å². The molecule has 0 aliphatic carbocycles.